The first-order chi connectivity index (χ1) is 19.1. The molecule has 8 nitrogen and oxygen atoms in total. The number of aromatic nitrogens is 3. The third kappa shape index (κ3) is 7.41. The molecule has 0 saturated heterocycles. The van der Waals surface area contributed by atoms with Gasteiger partial charge in [-0.15, -0.1) is 11.8 Å². The van der Waals surface area contributed by atoms with Crippen molar-refractivity contribution in [2.24, 2.45) is 5.73 Å². The minimum atomic E-state index is -0.437. The van der Waals surface area contributed by atoms with Crippen LogP contribution in [0.1, 0.15) is 69.0 Å². The summed E-state index contributed by atoms with van der Waals surface area (Å²) in [6.07, 6.45) is 9.21. The van der Waals surface area contributed by atoms with Crippen LogP contribution in [0.5, 0.6) is 0 Å². The van der Waals surface area contributed by atoms with Crippen LogP contribution in [0.15, 0.2) is 59.3 Å². The number of hydrogen-bond acceptors (Lipinski definition) is 6. The van der Waals surface area contributed by atoms with Gasteiger partial charge in [-0.25, -0.2) is 9.67 Å². The number of hydrogen-bond donors (Lipinski definition) is 2. The molecule has 2 aromatic heterocycles. The molecule has 3 aromatic rings. The van der Waals surface area contributed by atoms with Gasteiger partial charge in [-0.3, -0.25) is 9.59 Å². The summed E-state index contributed by atoms with van der Waals surface area (Å²) in [5.41, 5.74) is 11.8. The highest BCUT2D eigenvalue weighted by molar-refractivity contribution is 7.98. The molecule has 2 amide bonds. The zero-order chi connectivity index (χ0) is 29.4. The first-order valence-electron chi connectivity index (χ1n) is 13.5. The van der Waals surface area contributed by atoms with Gasteiger partial charge in [0.05, 0.1) is 35.2 Å². The average Bonchev–Trinajstić information content (AvgIpc) is 3.34. The van der Waals surface area contributed by atoms with Crippen LogP contribution in [-0.4, -0.2) is 46.4 Å². The van der Waals surface area contributed by atoms with Crippen molar-refractivity contribution in [3.05, 3.63) is 76.6 Å². The quantitative estimate of drug-likeness (QED) is 0.217. The summed E-state index contributed by atoms with van der Waals surface area (Å²) >= 11 is 1.50. The van der Waals surface area contributed by atoms with E-state index in [0.29, 0.717) is 17.8 Å². The molecule has 40 heavy (non-hydrogen) atoms. The van der Waals surface area contributed by atoms with Crippen LogP contribution in [0.25, 0.3) is 17.3 Å². The second kappa shape index (κ2) is 14.0. The van der Waals surface area contributed by atoms with E-state index in [1.54, 1.807) is 18.1 Å². The summed E-state index contributed by atoms with van der Waals surface area (Å²) in [5, 5.41) is 8.71. The molecule has 1 aromatic carbocycles. The van der Waals surface area contributed by atoms with Crippen LogP contribution < -0.4 is 16.0 Å². The molecular formula is C31H40N6O2S. The van der Waals surface area contributed by atoms with Gasteiger partial charge in [0.15, 0.2) is 0 Å². The number of nitrogens with one attached hydrogen (secondary N) is 1. The number of allylic oxidation sites excluding steroid dienone is 2. The molecule has 0 saturated carbocycles. The standard InChI is InChI=1S/C31H40N6O2S/c1-8-20(4)15-27-25(18-33-37(27)23-13-11-21(5)12-14-23)24(9-2)31(39)34-26(10-3)22-16-29(35-30(17-22)40-7)36(6)19-28(32)38/h9,11-18,26H,8,10,19H2,1-7H3,(H2,32,38)(H,34,39)/b20-15+,24-9+. The molecule has 0 bridgehead atoms. The summed E-state index contributed by atoms with van der Waals surface area (Å²) in [4.78, 5) is 31.6. The summed E-state index contributed by atoms with van der Waals surface area (Å²) < 4.78 is 1.89. The Morgan fingerprint density at radius 2 is 1.90 bits per heavy atom. The number of aryl methyl sites for hydroxylation is 1. The SMILES string of the molecule is C/C=C(/C(=O)NC(CC)c1cc(SC)nc(N(C)CC(N)=O)c1)c1cnn(-c2ccc(C)cc2)c1/C=C(\C)CC. The Kier molecular flexibility index (Phi) is 10.7. The Morgan fingerprint density at radius 1 is 1.20 bits per heavy atom. The van der Waals surface area contributed by atoms with Gasteiger partial charge >= 0.3 is 0 Å². The summed E-state index contributed by atoms with van der Waals surface area (Å²) in [5.74, 6) is 0.00503. The Morgan fingerprint density at radius 3 is 2.48 bits per heavy atom. The Balaban J connectivity index is 1.99. The van der Waals surface area contributed by atoms with E-state index < -0.39 is 5.91 Å². The first kappa shape index (κ1) is 30.7. The van der Waals surface area contributed by atoms with Gasteiger partial charge in [0, 0.05) is 18.2 Å². The van der Waals surface area contributed by atoms with E-state index >= 15 is 0 Å². The van der Waals surface area contributed by atoms with Crippen LogP contribution in [0.3, 0.4) is 0 Å². The highest BCUT2D eigenvalue weighted by Gasteiger charge is 2.23. The molecule has 0 aliphatic carbocycles. The van der Waals surface area contributed by atoms with Crippen LogP contribution in [-0.2, 0) is 9.59 Å². The predicted octanol–water partition coefficient (Wildman–Crippen LogP) is 5.70. The minimum Gasteiger partial charge on any atom is -0.368 e. The van der Waals surface area contributed by atoms with Gasteiger partial charge in [0.25, 0.3) is 5.91 Å². The molecule has 0 radical (unpaired) electrons. The maximum Gasteiger partial charge on any atom is 0.252 e. The number of primary amides is 1. The lowest BCUT2D eigenvalue weighted by Crippen LogP contribution is -2.32. The van der Waals surface area contributed by atoms with E-state index in [2.05, 4.69) is 54.4 Å². The van der Waals surface area contributed by atoms with Gasteiger partial charge in [0.2, 0.25) is 5.91 Å². The fraction of sp³-hybridized carbons (Fsp3) is 0.355. The maximum absolute atomic E-state index is 13.8. The van der Waals surface area contributed by atoms with Gasteiger partial charge < -0.3 is 16.0 Å². The van der Waals surface area contributed by atoms with E-state index in [1.165, 1.54) is 22.9 Å². The number of amides is 2. The largest absolute Gasteiger partial charge is 0.368 e. The van der Waals surface area contributed by atoms with Gasteiger partial charge in [-0.1, -0.05) is 43.2 Å². The Bertz CT molecular complexity index is 1410. The van der Waals surface area contributed by atoms with E-state index in [-0.39, 0.29) is 18.5 Å². The zero-order valence-corrected chi connectivity index (χ0v) is 25.3. The third-order valence-corrected chi connectivity index (χ3v) is 7.40. The number of thioether (sulfide) groups is 1. The summed E-state index contributed by atoms with van der Waals surface area (Å²) in [6, 6.07) is 11.8. The second-order valence-corrected chi connectivity index (χ2v) is 10.6. The van der Waals surface area contributed by atoms with Crippen LogP contribution >= 0.6 is 11.8 Å². The second-order valence-electron chi connectivity index (χ2n) is 9.80. The minimum absolute atomic E-state index is 0.0502. The summed E-state index contributed by atoms with van der Waals surface area (Å²) in [7, 11) is 1.78. The molecule has 0 aliphatic rings. The highest BCUT2D eigenvalue weighted by Crippen LogP contribution is 2.29. The topological polar surface area (TPSA) is 106 Å². The highest BCUT2D eigenvalue weighted by atomic mass is 32.2. The van der Waals surface area contributed by atoms with Crippen molar-refractivity contribution in [2.45, 2.75) is 58.5 Å². The number of benzene rings is 1. The van der Waals surface area contributed by atoms with Crippen LogP contribution in [0.4, 0.5) is 5.82 Å². The molecular weight excluding hydrogens is 520 g/mol. The third-order valence-electron chi connectivity index (χ3n) is 6.77. The van der Waals surface area contributed by atoms with Crippen LogP contribution in [0, 0.1) is 6.92 Å². The van der Waals surface area contributed by atoms with Crippen molar-refractivity contribution in [2.75, 3.05) is 24.7 Å². The van der Waals surface area contributed by atoms with Crippen molar-refractivity contribution >= 4 is 41.0 Å². The number of pyridine rings is 1. The number of anilines is 1. The molecule has 3 N–H and O–H groups in total. The maximum atomic E-state index is 13.8. The average molecular weight is 561 g/mol. The molecule has 3 rings (SSSR count). The Labute approximate surface area is 241 Å². The fourth-order valence-electron chi connectivity index (χ4n) is 4.32. The van der Waals surface area contributed by atoms with Crippen molar-refractivity contribution in [1.82, 2.24) is 20.1 Å². The normalized spacial score (nSPS) is 12.8. The van der Waals surface area contributed by atoms with Gasteiger partial charge in [-0.05, 0) is 75.8 Å². The number of rotatable bonds is 12. The Hall–Kier alpha value is -3.85. The summed E-state index contributed by atoms with van der Waals surface area (Å²) in [6.45, 7) is 10.2. The predicted molar refractivity (Wildman–Crippen MR) is 166 cm³/mol. The number of nitrogens with two attached hydrogens (primary N) is 1. The molecule has 0 fully saturated rings. The van der Waals surface area contributed by atoms with Gasteiger partial charge in [-0.2, -0.15) is 5.10 Å². The van der Waals surface area contributed by atoms with E-state index in [0.717, 1.165) is 34.0 Å². The van der Waals surface area contributed by atoms with E-state index in [1.807, 2.05) is 55.1 Å². The lowest BCUT2D eigenvalue weighted by atomic mass is 10.0. The van der Waals surface area contributed by atoms with Crippen molar-refractivity contribution < 1.29 is 9.59 Å². The van der Waals surface area contributed by atoms with Crippen molar-refractivity contribution in [3.63, 3.8) is 0 Å². The smallest absolute Gasteiger partial charge is 0.252 e. The number of likely N-dealkylation sites (N-methyl/N-ethyl adjacent to an activating group) is 1. The lowest BCUT2D eigenvalue weighted by Gasteiger charge is -2.22. The van der Waals surface area contributed by atoms with Crippen LogP contribution in [0.2, 0.25) is 0 Å². The molecule has 1 atom stereocenters. The number of carbonyl (C=O) groups is 2. The molecule has 1 unspecified atom stereocenters. The molecule has 0 spiro atoms. The monoisotopic (exact) mass is 560 g/mol. The number of nitrogens with zero attached hydrogens (tertiary/aromatic N) is 4. The lowest BCUT2D eigenvalue weighted by molar-refractivity contribution is -0.117. The molecule has 2 heterocycles. The van der Waals surface area contributed by atoms with E-state index in [9.17, 15) is 9.59 Å². The first-order valence-corrected chi connectivity index (χ1v) is 14.7. The number of carbonyl (C=O) groups excluding carboxylic acids is 2. The van der Waals surface area contributed by atoms with Gasteiger partial charge in [0.1, 0.15) is 5.82 Å². The van der Waals surface area contributed by atoms with Crippen molar-refractivity contribution in [1.29, 1.82) is 0 Å². The molecule has 0 aliphatic heterocycles. The zero-order valence-electron chi connectivity index (χ0n) is 24.5. The fourth-order valence-corrected chi connectivity index (χ4v) is 4.76. The molecule has 9 heteroatoms. The molecule has 212 valence electrons. The van der Waals surface area contributed by atoms with E-state index in [4.69, 9.17) is 5.73 Å². The van der Waals surface area contributed by atoms with Crippen molar-refractivity contribution in [3.8, 4) is 5.69 Å².